The van der Waals surface area contributed by atoms with Gasteiger partial charge >= 0.3 is 51.4 Å². The first-order valence-electron chi connectivity index (χ1n) is 4.18. The topological polar surface area (TPSA) is 69.2 Å². The van der Waals surface area contributed by atoms with E-state index >= 15 is 0 Å². The molecule has 0 fully saturated rings. The van der Waals surface area contributed by atoms with Crippen LogP contribution in [0.2, 0.25) is 0 Å². The van der Waals surface area contributed by atoms with E-state index in [1.54, 1.807) is 24.3 Å². The van der Waals surface area contributed by atoms with Crippen molar-refractivity contribution in [3.63, 3.8) is 0 Å². The molecular weight excluding hydrogens is 233 g/mol. The Morgan fingerprint density at radius 2 is 1.81 bits per heavy atom. The standard InChI is InChI=1S/C11H9NO3.K/c1-8(13)12-10-5-2-9(3-6-10)4-7-11(14)15;/h2-3,5-6H,1H3,(H,12,13)(H,14,15);/q;+1/p-1. The maximum atomic E-state index is 10.7. The van der Waals surface area contributed by atoms with Crippen molar-refractivity contribution in [2.45, 2.75) is 6.92 Å². The van der Waals surface area contributed by atoms with Gasteiger partial charge in [-0.15, -0.1) is 0 Å². The summed E-state index contributed by atoms with van der Waals surface area (Å²) in [7, 11) is 0. The molecule has 0 aliphatic carbocycles. The van der Waals surface area contributed by atoms with E-state index in [-0.39, 0.29) is 57.3 Å². The van der Waals surface area contributed by atoms with Gasteiger partial charge in [-0.05, 0) is 30.2 Å². The van der Waals surface area contributed by atoms with E-state index in [1.165, 1.54) is 6.92 Å². The van der Waals surface area contributed by atoms with Crippen molar-refractivity contribution < 1.29 is 66.1 Å². The molecule has 5 heteroatoms. The number of carboxylic acid groups (broad SMARTS) is 1. The molecular formula is C11H8KNO3. The molecule has 0 unspecified atom stereocenters. The summed E-state index contributed by atoms with van der Waals surface area (Å²) in [5.74, 6) is 2.71. The number of carbonyl (C=O) groups excluding carboxylic acids is 2. The minimum absolute atomic E-state index is 0. The number of rotatable bonds is 1. The Morgan fingerprint density at radius 3 is 2.25 bits per heavy atom. The molecule has 0 aromatic heterocycles. The Kier molecular flexibility index (Phi) is 7.29. The first-order chi connectivity index (χ1) is 7.08. The number of hydrogen-bond donors (Lipinski definition) is 1. The Labute approximate surface area is 136 Å². The summed E-state index contributed by atoms with van der Waals surface area (Å²) in [4.78, 5) is 20.7. The zero-order valence-electron chi connectivity index (χ0n) is 9.03. The van der Waals surface area contributed by atoms with E-state index in [9.17, 15) is 14.7 Å². The van der Waals surface area contributed by atoms with Crippen LogP contribution in [0.15, 0.2) is 24.3 Å². The van der Waals surface area contributed by atoms with Crippen molar-refractivity contribution in [2.24, 2.45) is 0 Å². The number of nitrogens with one attached hydrogen (secondary N) is 1. The third-order valence-electron chi connectivity index (χ3n) is 1.51. The molecule has 76 valence electrons. The Balaban J connectivity index is 0.00000225. The summed E-state index contributed by atoms with van der Waals surface area (Å²) < 4.78 is 0. The molecule has 0 radical (unpaired) electrons. The van der Waals surface area contributed by atoms with Gasteiger partial charge in [-0.2, -0.15) is 0 Å². The monoisotopic (exact) mass is 241 g/mol. The minimum atomic E-state index is -1.42. The second-order valence-corrected chi connectivity index (χ2v) is 2.80. The number of anilines is 1. The zero-order chi connectivity index (χ0) is 11.3. The Morgan fingerprint density at radius 1 is 1.25 bits per heavy atom. The summed E-state index contributed by atoms with van der Waals surface area (Å²) in [5.41, 5.74) is 1.19. The normalized spacial score (nSPS) is 8.06. The van der Waals surface area contributed by atoms with Gasteiger partial charge in [0.05, 0.1) is 0 Å². The van der Waals surface area contributed by atoms with Crippen LogP contribution in [0.5, 0.6) is 0 Å². The van der Waals surface area contributed by atoms with E-state index in [0.717, 1.165) is 0 Å². The van der Waals surface area contributed by atoms with E-state index in [4.69, 9.17) is 0 Å². The van der Waals surface area contributed by atoms with Crippen molar-refractivity contribution in [3.05, 3.63) is 29.8 Å². The van der Waals surface area contributed by atoms with Crippen molar-refractivity contribution in [1.29, 1.82) is 0 Å². The van der Waals surface area contributed by atoms with Crippen LogP contribution in [0.25, 0.3) is 0 Å². The smallest absolute Gasteiger partial charge is 0.537 e. The molecule has 1 amide bonds. The van der Waals surface area contributed by atoms with Crippen molar-refractivity contribution in [3.8, 4) is 11.8 Å². The largest absolute Gasteiger partial charge is 1.00 e. The molecule has 4 nitrogen and oxygen atoms in total. The van der Waals surface area contributed by atoms with Crippen molar-refractivity contribution >= 4 is 17.6 Å². The summed E-state index contributed by atoms with van der Waals surface area (Å²) in [5, 5.41) is 12.6. The van der Waals surface area contributed by atoms with E-state index < -0.39 is 5.97 Å². The van der Waals surface area contributed by atoms with Crippen LogP contribution in [0.4, 0.5) is 5.69 Å². The van der Waals surface area contributed by atoms with Crippen LogP contribution >= 0.6 is 0 Å². The van der Waals surface area contributed by atoms with Crippen LogP contribution in [0.1, 0.15) is 12.5 Å². The van der Waals surface area contributed by atoms with Crippen LogP contribution in [-0.4, -0.2) is 11.9 Å². The maximum Gasteiger partial charge on any atom is 1.00 e. The average molecular weight is 241 g/mol. The van der Waals surface area contributed by atoms with Gasteiger partial charge in [-0.1, -0.05) is 5.92 Å². The van der Waals surface area contributed by atoms with Crippen molar-refractivity contribution in [2.75, 3.05) is 5.32 Å². The average Bonchev–Trinajstić information content (AvgIpc) is 2.16. The molecule has 0 spiro atoms. The fourth-order valence-corrected chi connectivity index (χ4v) is 0.963. The van der Waals surface area contributed by atoms with Gasteiger partial charge < -0.3 is 15.2 Å². The fourth-order valence-electron chi connectivity index (χ4n) is 0.963. The molecule has 1 rings (SSSR count). The van der Waals surface area contributed by atoms with Crippen molar-refractivity contribution in [1.82, 2.24) is 0 Å². The molecule has 1 aromatic rings. The Bertz CT molecular complexity index is 443. The van der Waals surface area contributed by atoms with Crippen LogP contribution < -0.4 is 61.8 Å². The van der Waals surface area contributed by atoms with E-state index in [2.05, 4.69) is 11.2 Å². The van der Waals surface area contributed by atoms with Gasteiger partial charge in [0.2, 0.25) is 5.91 Å². The molecule has 0 bridgehead atoms. The van der Waals surface area contributed by atoms with Gasteiger partial charge in [0.1, 0.15) is 5.97 Å². The predicted molar refractivity (Wildman–Crippen MR) is 52.6 cm³/mol. The molecule has 0 aliphatic heterocycles. The van der Waals surface area contributed by atoms with Gasteiger partial charge in [-0.3, -0.25) is 4.79 Å². The molecule has 0 saturated heterocycles. The third-order valence-corrected chi connectivity index (χ3v) is 1.51. The van der Waals surface area contributed by atoms with Crippen LogP contribution in [0, 0.1) is 11.8 Å². The Hall–Kier alpha value is -0.644. The second-order valence-electron chi connectivity index (χ2n) is 2.80. The molecule has 16 heavy (non-hydrogen) atoms. The second kappa shape index (κ2) is 7.60. The molecule has 0 aliphatic rings. The third kappa shape index (κ3) is 6.05. The van der Waals surface area contributed by atoms with Crippen LogP contribution in [-0.2, 0) is 9.59 Å². The molecule has 1 N–H and O–H groups in total. The van der Waals surface area contributed by atoms with E-state index in [0.29, 0.717) is 11.3 Å². The van der Waals surface area contributed by atoms with Crippen LogP contribution in [0.3, 0.4) is 0 Å². The number of aliphatic carboxylic acids is 1. The van der Waals surface area contributed by atoms with E-state index in [1.807, 2.05) is 5.92 Å². The number of carboxylic acids is 1. The number of carbonyl (C=O) groups is 2. The van der Waals surface area contributed by atoms with Gasteiger partial charge in [0, 0.05) is 18.2 Å². The molecule has 0 heterocycles. The predicted octanol–water partition coefficient (Wildman–Crippen LogP) is -3.25. The first kappa shape index (κ1) is 15.4. The summed E-state index contributed by atoms with van der Waals surface area (Å²) >= 11 is 0. The quantitative estimate of drug-likeness (QED) is 0.415. The SMILES string of the molecule is CC(=O)Nc1ccc(C#CC(=O)[O-])cc1.[K+]. The molecule has 0 atom stereocenters. The zero-order valence-corrected chi connectivity index (χ0v) is 12.2. The first-order valence-corrected chi connectivity index (χ1v) is 4.18. The summed E-state index contributed by atoms with van der Waals surface area (Å²) in [6.45, 7) is 1.41. The summed E-state index contributed by atoms with van der Waals surface area (Å²) in [6.07, 6.45) is 0. The maximum absolute atomic E-state index is 10.7. The molecule has 0 saturated carbocycles. The van der Waals surface area contributed by atoms with Gasteiger partial charge in [0.15, 0.2) is 0 Å². The minimum Gasteiger partial charge on any atom is -0.537 e. The number of amides is 1. The van der Waals surface area contributed by atoms with Gasteiger partial charge in [0.25, 0.3) is 0 Å². The van der Waals surface area contributed by atoms with Gasteiger partial charge in [-0.25, -0.2) is 0 Å². The fraction of sp³-hybridized carbons (Fsp3) is 0.0909. The number of benzene rings is 1. The number of hydrogen-bond acceptors (Lipinski definition) is 3. The summed E-state index contributed by atoms with van der Waals surface area (Å²) in [6, 6.07) is 6.50. The molecule has 1 aromatic carbocycles.